The van der Waals surface area contributed by atoms with Crippen molar-refractivity contribution in [3.63, 3.8) is 0 Å². The molecule has 3 heterocycles. The second-order valence-electron chi connectivity index (χ2n) is 14.0. The third-order valence-corrected chi connectivity index (χ3v) is 12.9. The summed E-state index contributed by atoms with van der Waals surface area (Å²) >= 11 is 0.784. The quantitative estimate of drug-likeness (QED) is 0.0327. The van der Waals surface area contributed by atoms with Crippen LogP contribution in [0.2, 0.25) is 0 Å². The number of phosphoric ester groups is 3. The Morgan fingerprint density at radius 1 is 1.00 bits per heavy atom. The number of anilines is 1. The van der Waals surface area contributed by atoms with Crippen LogP contribution in [0.5, 0.6) is 11.5 Å². The van der Waals surface area contributed by atoms with Gasteiger partial charge in [-0.3, -0.25) is 32.5 Å². The van der Waals surface area contributed by atoms with E-state index in [1.54, 1.807) is 24.3 Å². The van der Waals surface area contributed by atoms with Gasteiger partial charge in [0.25, 0.3) is 0 Å². The number of nitrogen functional groups attached to an aromatic ring is 1. The zero-order valence-electron chi connectivity index (χ0n) is 32.4. The number of thioether (sulfide) groups is 1. The molecule has 0 spiro atoms. The first kappa shape index (κ1) is 48.9. The van der Waals surface area contributed by atoms with Crippen LogP contribution < -0.4 is 16.4 Å². The van der Waals surface area contributed by atoms with Gasteiger partial charge in [0.15, 0.2) is 17.7 Å². The molecule has 1 aliphatic rings. The number of nitrogens with zero attached hydrogens (tertiary/aromatic N) is 4. The van der Waals surface area contributed by atoms with Crippen LogP contribution in [0.3, 0.4) is 0 Å². The van der Waals surface area contributed by atoms with Crippen molar-refractivity contribution in [2.75, 3.05) is 37.8 Å². The van der Waals surface area contributed by atoms with E-state index in [0.29, 0.717) is 10.8 Å². The first-order valence-electron chi connectivity index (χ1n) is 17.9. The molecular formula is C32H42N7O19P3S. The first-order valence-corrected chi connectivity index (χ1v) is 23.4. The van der Waals surface area contributed by atoms with Crippen LogP contribution in [-0.4, -0.2) is 133 Å². The second-order valence-corrected chi connectivity index (χ2v) is 19.3. The smallest absolute Gasteiger partial charge is 0.481 e. The van der Waals surface area contributed by atoms with E-state index in [1.165, 1.54) is 13.8 Å². The maximum absolute atomic E-state index is 12.7. The number of phenolic OH excluding ortho intramolecular Hbond substituents is 2. The molecule has 0 saturated carbocycles. The fourth-order valence-corrected chi connectivity index (χ4v) is 9.38. The Bertz CT molecular complexity index is 2450. The molecule has 30 heteroatoms. The highest BCUT2D eigenvalue weighted by Crippen LogP contribution is 2.61. The van der Waals surface area contributed by atoms with Crippen LogP contribution in [0.4, 0.5) is 5.82 Å². The summed E-state index contributed by atoms with van der Waals surface area (Å²) in [6.07, 6.45) is -7.15. The van der Waals surface area contributed by atoms with E-state index in [-0.39, 0.29) is 59.3 Å². The van der Waals surface area contributed by atoms with Gasteiger partial charge in [0, 0.05) is 41.5 Å². The standard InChI is InChI=1S/C32H42N7O19P3S/c1-32(2,26(44)29(45)35-8-7-21(41)34-9-10-62-31(46)18-11-19(40)16-5-3-4-6-17(16)23(18)42)13-55-61(52,53)58-60(50,51)54-12-20-25(57-59(47,48)49)24(43)30(56-20)39-15-38-22-27(33)36-14-37-28(22)39/h3-6,11,14-15,20,24-26,30,40,42-44H,7-10,12-13H2,1-2H3,(H,34,41)(H,35,45)(H,50,51)(H,52,53)(H2,33,36,37)(H2,47,48,49). The minimum absolute atomic E-state index is 0.0180. The summed E-state index contributed by atoms with van der Waals surface area (Å²) in [6.45, 7) is 0.119. The Morgan fingerprint density at radius 3 is 2.37 bits per heavy atom. The van der Waals surface area contributed by atoms with Crippen molar-refractivity contribution in [1.29, 1.82) is 0 Å². The number of nitrogens with two attached hydrogens (primary N) is 1. The minimum atomic E-state index is -5.60. The van der Waals surface area contributed by atoms with Gasteiger partial charge in [0.05, 0.1) is 25.1 Å². The van der Waals surface area contributed by atoms with Crippen molar-refractivity contribution >= 4 is 79.9 Å². The summed E-state index contributed by atoms with van der Waals surface area (Å²) in [4.78, 5) is 88.6. The van der Waals surface area contributed by atoms with Gasteiger partial charge in [-0.15, -0.1) is 0 Å². The third kappa shape index (κ3) is 12.3. The van der Waals surface area contributed by atoms with E-state index in [1.807, 2.05) is 0 Å². The predicted molar refractivity (Wildman–Crippen MR) is 214 cm³/mol. The van der Waals surface area contributed by atoms with Crippen molar-refractivity contribution in [1.82, 2.24) is 30.2 Å². The summed E-state index contributed by atoms with van der Waals surface area (Å²) in [5, 5.41) is 47.2. The molecular weight excluding hydrogens is 911 g/mol. The second kappa shape index (κ2) is 19.7. The number of aliphatic hydroxyl groups excluding tert-OH is 2. The maximum Gasteiger partial charge on any atom is 0.481 e. The molecule has 7 atom stereocenters. The monoisotopic (exact) mass is 953 g/mol. The first-order chi connectivity index (χ1) is 28.9. The van der Waals surface area contributed by atoms with Crippen LogP contribution in [0.15, 0.2) is 43.0 Å². The number of hydrogen-bond acceptors (Lipinski definition) is 20. The van der Waals surface area contributed by atoms with Crippen molar-refractivity contribution in [2.45, 2.75) is 50.9 Å². The average Bonchev–Trinajstić information content (AvgIpc) is 3.75. The Kier molecular flexibility index (Phi) is 15.5. The van der Waals surface area contributed by atoms with E-state index in [9.17, 15) is 68.1 Å². The highest BCUT2D eigenvalue weighted by atomic mass is 32.2. The summed E-state index contributed by atoms with van der Waals surface area (Å²) in [5.41, 5.74) is 4.09. The molecule has 1 fully saturated rings. The van der Waals surface area contributed by atoms with E-state index in [2.05, 4.69) is 34.4 Å². The molecule has 1 saturated heterocycles. The van der Waals surface area contributed by atoms with Crippen molar-refractivity contribution in [3.8, 4) is 11.5 Å². The number of imidazole rings is 1. The molecule has 5 rings (SSSR count). The average molecular weight is 954 g/mol. The van der Waals surface area contributed by atoms with Gasteiger partial charge in [-0.05, 0) is 6.07 Å². The number of benzene rings is 2. The number of rotatable bonds is 20. The SMILES string of the molecule is CC(C)(COP(=O)(O)OP(=O)(O)OCC1OC(n2cnc3c(N)ncnc32)C(O)C1OP(=O)(O)O)C(O)C(=O)NCCC(=O)NCCSC(=O)c1cc(O)c2ccccc2c1O. The lowest BCUT2D eigenvalue weighted by Gasteiger charge is -2.30. The van der Waals surface area contributed by atoms with Crippen LogP contribution in [0, 0.1) is 5.41 Å². The largest absolute Gasteiger partial charge is 0.507 e. The number of nitrogens with one attached hydrogen (secondary N) is 2. The predicted octanol–water partition coefficient (Wildman–Crippen LogP) is 0.543. The normalized spacial score (nSPS) is 20.7. The van der Waals surface area contributed by atoms with E-state index in [0.717, 1.165) is 35.0 Å². The molecule has 1 aliphatic heterocycles. The minimum Gasteiger partial charge on any atom is -0.507 e. The summed E-state index contributed by atoms with van der Waals surface area (Å²) < 4.78 is 62.2. The van der Waals surface area contributed by atoms with E-state index < -0.39 is 89.7 Å². The molecule has 2 aromatic heterocycles. The lowest BCUT2D eigenvalue weighted by atomic mass is 9.87. The number of aromatic nitrogens is 4. The van der Waals surface area contributed by atoms with Crippen molar-refractivity contribution < 1.29 is 90.7 Å². The van der Waals surface area contributed by atoms with Gasteiger partial charge >= 0.3 is 23.5 Å². The number of carbonyl (C=O) groups excluding carboxylic acids is 3. The number of carbonyl (C=O) groups is 3. The Hall–Kier alpha value is -4.14. The fraction of sp³-hybridized carbons (Fsp3) is 0.438. The number of aliphatic hydroxyl groups is 2. The Balaban J connectivity index is 1.05. The van der Waals surface area contributed by atoms with Crippen LogP contribution in [-0.2, 0) is 45.9 Å². The van der Waals surface area contributed by atoms with Gasteiger partial charge < -0.3 is 61.1 Å². The van der Waals surface area contributed by atoms with Crippen molar-refractivity contribution in [2.24, 2.45) is 5.41 Å². The number of hydrogen-bond donors (Lipinski definition) is 11. The molecule has 0 radical (unpaired) electrons. The highest BCUT2D eigenvalue weighted by Gasteiger charge is 2.50. The zero-order chi connectivity index (χ0) is 45.8. The molecule has 340 valence electrons. The number of aromatic hydroxyl groups is 2. The number of amides is 2. The molecule has 7 unspecified atom stereocenters. The fourth-order valence-electron chi connectivity index (χ4n) is 5.85. The highest BCUT2D eigenvalue weighted by molar-refractivity contribution is 8.14. The van der Waals surface area contributed by atoms with Crippen molar-refractivity contribution in [3.05, 3.63) is 48.5 Å². The summed E-state index contributed by atoms with van der Waals surface area (Å²) in [6, 6.07) is 7.58. The summed E-state index contributed by atoms with van der Waals surface area (Å²) in [7, 11) is -16.5. The Morgan fingerprint density at radius 2 is 1.68 bits per heavy atom. The molecule has 26 nitrogen and oxygen atoms in total. The molecule has 2 amide bonds. The van der Waals surface area contributed by atoms with Crippen LogP contribution in [0.1, 0.15) is 36.9 Å². The van der Waals surface area contributed by atoms with Crippen LogP contribution in [0.25, 0.3) is 21.9 Å². The molecule has 2 aromatic carbocycles. The number of fused-ring (bicyclic) bond motifs is 2. The lowest BCUT2D eigenvalue weighted by molar-refractivity contribution is -0.137. The van der Waals surface area contributed by atoms with Gasteiger partial charge in [-0.25, -0.2) is 28.6 Å². The van der Waals surface area contributed by atoms with Gasteiger partial charge in [0.2, 0.25) is 16.9 Å². The summed E-state index contributed by atoms with van der Waals surface area (Å²) in [5.74, 6) is -2.01. The molecule has 12 N–H and O–H groups in total. The number of phenols is 2. The van der Waals surface area contributed by atoms with Gasteiger partial charge in [-0.1, -0.05) is 49.9 Å². The lowest BCUT2D eigenvalue weighted by Crippen LogP contribution is -2.46. The Labute approximate surface area is 354 Å². The van der Waals surface area contributed by atoms with Gasteiger partial charge in [0.1, 0.15) is 47.8 Å². The number of ether oxygens (including phenoxy) is 1. The van der Waals surface area contributed by atoms with E-state index >= 15 is 0 Å². The van der Waals surface area contributed by atoms with E-state index in [4.69, 9.17) is 19.5 Å². The number of phosphoric acid groups is 3. The third-order valence-electron chi connectivity index (χ3n) is 8.95. The molecule has 4 aromatic rings. The topological polar surface area (TPSA) is 404 Å². The molecule has 0 aliphatic carbocycles. The molecule has 0 bridgehead atoms. The maximum atomic E-state index is 12.7. The zero-order valence-corrected chi connectivity index (χ0v) is 35.9. The van der Waals surface area contributed by atoms with Gasteiger partial charge in [-0.2, -0.15) is 4.31 Å². The van der Waals surface area contributed by atoms with Crippen LogP contribution >= 0.6 is 35.2 Å². The molecule has 62 heavy (non-hydrogen) atoms.